The summed E-state index contributed by atoms with van der Waals surface area (Å²) in [4.78, 5) is 2.46. The minimum absolute atomic E-state index is 0.507. The molecule has 0 N–H and O–H groups in total. The predicted molar refractivity (Wildman–Crippen MR) is 78.1 cm³/mol. The Balaban J connectivity index is 1.73. The number of hydrogen-bond donors (Lipinski definition) is 0. The molecule has 20 heavy (non-hydrogen) atoms. The van der Waals surface area contributed by atoms with Crippen molar-refractivity contribution in [1.29, 1.82) is 0 Å². The quantitative estimate of drug-likeness (QED) is 0.834. The Labute approximate surface area is 119 Å². The van der Waals surface area contributed by atoms with Gasteiger partial charge >= 0.3 is 0 Å². The second-order valence-electron chi connectivity index (χ2n) is 5.72. The molecular weight excluding hydrogens is 250 g/mol. The maximum atomic E-state index is 5.81. The maximum absolute atomic E-state index is 5.81. The zero-order chi connectivity index (χ0) is 13.9. The van der Waals surface area contributed by atoms with Crippen molar-refractivity contribution in [3.05, 3.63) is 36.2 Å². The zero-order valence-electron chi connectivity index (χ0n) is 12.1. The number of aromatic nitrogens is 2. The Morgan fingerprint density at radius 3 is 2.55 bits per heavy atom. The van der Waals surface area contributed by atoms with E-state index in [0.717, 1.165) is 12.1 Å². The first kappa shape index (κ1) is 13.3. The molecule has 2 aromatic rings. The Hall–Kier alpha value is -1.68. The van der Waals surface area contributed by atoms with Gasteiger partial charge in [0.2, 0.25) is 11.8 Å². The van der Waals surface area contributed by atoms with Gasteiger partial charge in [0.15, 0.2) is 0 Å². The largest absolute Gasteiger partial charge is 0.419 e. The van der Waals surface area contributed by atoms with Gasteiger partial charge in [-0.05, 0) is 38.8 Å². The summed E-state index contributed by atoms with van der Waals surface area (Å²) >= 11 is 0. The highest BCUT2D eigenvalue weighted by Gasteiger charge is 2.28. The minimum atomic E-state index is 0.507. The molecule has 1 fully saturated rings. The van der Waals surface area contributed by atoms with Crippen molar-refractivity contribution >= 4 is 0 Å². The lowest BCUT2D eigenvalue weighted by Gasteiger charge is -2.39. The Bertz CT molecular complexity index is 546. The third-order valence-electron chi connectivity index (χ3n) is 4.01. The van der Waals surface area contributed by atoms with Gasteiger partial charge in [-0.15, -0.1) is 10.2 Å². The highest BCUT2D eigenvalue weighted by atomic mass is 16.4. The van der Waals surface area contributed by atoms with Crippen LogP contribution in [-0.2, 0) is 6.54 Å². The highest BCUT2D eigenvalue weighted by molar-refractivity contribution is 5.51. The van der Waals surface area contributed by atoms with Crippen molar-refractivity contribution in [2.75, 3.05) is 0 Å². The second kappa shape index (κ2) is 5.75. The summed E-state index contributed by atoms with van der Waals surface area (Å²) in [6.07, 6.45) is 3.92. The maximum Gasteiger partial charge on any atom is 0.247 e. The summed E-state index contributed by atoms with van der Waals surface area (Å²) in [5.41, 5.74) is 0.978. The Morgan fingerprint density at radius 2 is 1.95 bits per heavy atom. The molecule has 3 rings (SSSR count). The molecule has 0 radical (unpaired) electrons. The molecular formula is C16H21N3O. The number of rotatable bonds is 5. The molecule has 1 heterocycles. The van der Waals surface area contributed by atoms with Crippen molar-refractivity contribution < 1.29 is 4.42 Å². The molecule has 106 valence electrons. The van der Waals surface area contributed by atoms with Crippen LogP contribution < -0.4 is 0 Å². The monoisotopic (exact) mass is 271 g/mol. The fourth-order valence-corrected chi connectivity index (χ4v) is 2.62. The minimum Gasteiger partial charge on any atom is -0.419 e. The molecule has 1 aromatic heterocycles. The van der Waals surface area contributed by atoms with E-state index in [4.69, 9.17) is 4.42 Å². The summed E-state index contributed by atoms with van der Waals surface area (Å²) in [6, 6.07) is 11.1. The van der Waals surface area contributed by atoms with Crippen LogP contribution in [0.1, 0.15) is 39.0 Å². The SMILES string of the molecule is CC(C)N(Cc1nnc(-c2ccccc2)o1)C1CCC1. The lowest BCUT2D eigenvalue weighted by molar-refractivity contribution is 0.0773. The molecule has 0 amide bonds. The van der Waals surface area contributed by atoms with Gasteiger partial charge in [-0.25, -0.2) is 0 Å². The molecule has 4 heteroatoms. The first-order valence-corrected chi connectivity index (χ1v) is 7.37. The second-order valence-corrected chi connectivity index (χ2v) is 5.72. The molecule has 0 bridgehead atoms. The van der Waals surface area contributed by atoms with Gasteiger partial charge in [-0.1, -0.05) is 24.6 Å². The van der Waals surface area contributed by atoms with E-state index in [2.05, 4.69) is 28.9 Å². The molecule has 0 atom stereocenters. The van der Waals surface area contributed by atoms with Crippen molar-refractivity contribution in [2.24, 2.45) is 0 Å². The molecule has 0 aliphatic heterocycles. The fraction of sp³-hybridized carbons (Fsp3) is 0.500. The summed E-state index contributed by atoms with van der Waals surface area (Å²) in [5, 5.41) is 8.36. The number of hydrogen-bond acceptors (Lipinski definition) is 4. The summed E-state index contributed by atoms with van der Waals surface area (Å²) in [7, 11) is 0. The van der Waals surface area contributed by atoms with Crippen LogP contribution in [0.15, 0.2) is 34.7 Å². The Kier molecular flexibility index (Phi) is 3.83. The van der Waals surface area contributed by atoms with Crippen LogP contribution in [0.5, 0.6) is 0 Å². The van der Waals surface area contributed by atoms with Crippen molar-refractivity contribution in [3.63, 3.8) is 0 Å². The molecule has 1 aliphatic carbocycles. The molecule has 1 aromatic carbocycles. The zero-order valence-corrected chi connectivity index (χ0v) is 12.1. The summed E-state index contributed by atoms with van der Waals surface area (Å²) < 4.78 is 5.81. The van der Waals surface area contributed by atoms with Gasteiger partial charge in [-0.2, -0.15) is 0 Å². The third kappa shape index (κ3) is 2.75. The van der Waals surface area contributed by atoms with E-state index < -0.39 is 0 Å². The van der Waals surface area contributed by atoms with E-state index in [1.165, 1.54) is 19.3 Å². The van der Waals surface area contributed by atoms with Gasteiger partial charge in [-0.3, -0.25) is 4.90 Å². The molecule has 1 aliphatic rings. The molecule has 4 nitrogen and oxygen atoms in total. The topological polar surface area (TPSA) is 42.2 Å². The average molecular weight is 271 g/mol. The van der Waals surface area contributed by atoms with E-state index in [1.54, 1.807) is 0 Å². The van der Waals surface area contributed by atoms with E-state index in [1.807, 2.05) is 30.3 Å². The summed E-state index contributed by atoms with van der Waals surface area (Å²) in [6.45, 7) is 5.21. The standard InChI is InChI=1S/C16H21N3O/c1-12(2)19(14-9-6-10-14)11-15-17-18-16(20-15)13-7-4-3-5-8-13/h3-5,7-8,12,14H,6,9-11H2,1-2H3. The van der Waals surface area contributed by atoms with E-state index >= 15 is 0 Å². The van der Waals surface area contributed by atoms with Gasteiger partial charge < -0.3 is 4.42 Å². The normalized spacial score (nSPS) is 15.8. The van der Waals surface area contributed by atoms with E-state index in [-0.39, 0.29) is 0 Å². The van der Waals surface area contributed by atoms with E-state index in [9.17, 15) is 0 Å². The van der Waals surface area contributed by atoms with Gasteiger partial charge in [0.1, 0.15) is 0 Å². The van der Waals surface area contributed by atoms with Crippen LogP contribution in [0, 0.1) is 0 Å². The van der Waals surface area contributed by atoms with Gasteiger partial charge in [0, 0.05) is 17.6 Å². The summed E-state index contributed by atoms with van der Waals surface area (Å²) in [5.74, 6) is 1.32. The van der Waals surface area contributed by atoms with Crippen LogP contribution in [0.2, 0.25) is 0 Å². The Morgan fingerprint density at radius 1 is 1.20 bits per heavy atom. The van der Waals surface area contributed by atoms with Crippen LogP contribution in [0.4, 0.5) is 0 Å². The molecule has 0 unspecified atom stereocenters. The number of nitrogens with zero attached hydrogens (tertiary/aromatic N) is 3. The highest BCUT2D eigenvalue weighted by Crippen LogP contribution is 2.28. The first-order chi connectivity index (χ1) is 9.74. The van der Waals surface area contributed by atoms with Crippen molar-refractivity contribution in [3.8, 4) is 11.5 Å². The van der Waals surface area contributed by atoms with Gasteiger partial charge in [0.05, 0.1) is 6.54 Å². The lowest BCUT2D eigenvalue weighted by atomic mass is 9.90. The lowest BCUT2D eigenvalue weighted by Crippen LogP contribution is -2.43. The average Bonchev–Trinajstić information content (AvgIpc) is 2.85. The molecule has 1 saturated carbocycles. The van der Waals surface area contributed by atoms with Crippen LogP contribution in [0.25, 0.3) is 11.5 Å². The number of benzene rings is 1. The smallest absolute Gasteiger partial charge is 0.247 e. The molecule has 0 saturated heterocycles. The predicted octanol–water partition coefficient (Wildman–Crippen LogP) is 3.50. The fourth-order valence-electron chi connectivity index (χ4n) is 2.62. The van der Waals surface area contributed by atoms with Crippen LogP contribution in [-0.4, -0.2) is 27.2 Å². The van der Waals surface area contributed by atoms with Crippen molar-refractivity contribution in [2.45, 2.75) is 51.7 Å². The van der Waals surface area contributed by atoms with E-state index in [0.29, 0.717) is 23.9 Å². The third-order valence-corrected chi connectivity index (χ3v) is 4.01. The molecule has 0 spiro atoms. The first-order valence-electron chi connectivity index (χ1n) is 7.37. The van der Waals surface area contributed by atoms with Crippen LogP contribution in [0.3, 0.4) is 0 Å². The van der Waals surface area contributed by atoms with Crippen LogP contribution >= 0.6 is 0 Å². The van der Waals surface area contributed by atoms with Crippen molar-refractivity contribution in [1.82, 2.24) is 15.1 Å². The van der Waals surface area contributed by atoms with Gasteiger partial charge in [0.25, 0.3) is 0 Å².